The predicted octanol–water partition coefficient (Wildman–Crippen LogP) is 1.18. The Kier molecular flexibility index (Phi) is 3.62. The van der Waals surface area contributed by atoms with E-state index in [0.717, 1.165) is 10.7 Å². The maximum Gasteiger partial charge on any atom is 0.269 e. The maximum absolute atomic E-state index is 13.6. The SMILES string of the molecule is NC(=O)c1ccc(=O)n(Cc2cc(Cl)ccc2F)n1. The van der Waals surface area contributed by atoms with Crippen molar-refractivity contribution in [1.82, 2.24) is 9.78 Å². The molecule has 0 saturated carbocycles. The molecule has 1 aromatic carbocycles. The molecule has 0 aliphatic rings. The Morgan fingerprint density at radius 2 is 2.11 bits per heavy atom. The summed E-state index contributed by atoms with van der Waals surface area (Å²) in [5.41, 5.74) is 4.73. The summed E-state index contributed by atoms with van der Waals surface area (Å²) in [6, 6.07) is 6.35. The molecule has 19 heavy (non-hydrogen) atoms. The van der Waals surface area contributed by atoms with Gasteiger partial charge in [0.2, 0.25) is 0 Å². The highest BCUT2D eigenvalue weighted by atomic mass is 35.5. The number of nitrogens with zero attached hydrogens (tertiary/aromatic N) is 2. The van der Waals surface area contributed by atoms with Gasteiger partial charge in [0.1, 0.15) is 11.5 Å². The van der Waals surface area contributed by atoms with Crippen LogP contribution in [0.15, 0.2) is 35.1 Å². The molecule has 1 amide bonds. The molecule has 1 aromatic heterocycles. The van der Waals surface area contributed by atoms with E-state index in [4.69, 9.17) is 17.3 Å². The molecule has 0 atom stereocenters. The molecule has 2 N–H and O–H groups in total. The lowest BCUT2D eigenvalue weighted by atomic mass is 10.2. The molecule has 98 valence electrons. The van der Waals surface area contributed by atoms with E-state index >= 15 is 0 Å². The van der Waals surface area contributed by atoms with Crippen LogP contribution in [-0.2, 0) is 6.54 Å². The fourth-order valence-electron chi connectivity index (χ4n) is 1.52. The summed E-state index contributed by atoms with van der Waals surface area (Å²) >= 11 is 5.76. The van der Waals surface area contributed by atoms with Crippen LogP contribution in [0.1, 0.15) is 16.1 Å². The summed E-state index contributed by atoms with van der Waals surface area (Å²) < 4.78 is 14.5. The summed E-state index contributed by atoms with van der Waals surface area (Å²) in [5.74, 6) is -1.28. The molecule has 0 unspecified atom stereocenters. The zero-order valence-corrected chi connectivity index (χ0v) is 10.4. The zero-order chi connectivity index (χ0) is 14.0. The molecule has 7 heteroatoms. The van der Waals surface area contributed by atoms with Gasteiger partial charge in [0, 0.05) is 16.7 Å². The lowest BCUT2D eigenvalue weighted by Gasteiger charge is -2.07. The Hall–Kier alpha value is -2.21. The smallest absolute Gasteiger partial charge is 0.269 e. The number of carbonyl (C=O) groups excluding carboxylic acids is 1. The number of nitrogens with two attached hydrogens (primary N) is 1. The summed E-state index contributed by atoms with van der Waals surface area (Å²) in [7, 11) is 0. The molecule has 0 aliphatic carbocycles. The Labute approximate surface area is 112 Å². The number of primary amides is 1. The minimum Gasteiger partial charge on any atom is -0.364 e. The highest BCUT2D eigenvalue weighted by Crippen LogP contribution is 2.15. The average Bonchev–Trinajstić information content (AvgIpc) is 2.36. The quantitative estimate of drug-likeness (QED) is 0.918. The van der Waals surface area contributed by atoms with Crippen LogP contribution in [0, 0.1) is 5.82 Å². The molecule has 2 rings (SSSR count). The van der Waals surface area contributed by atoms with E-state index in [1.807, 2.05) is 0 Å². The van der Waals surface area contributed by atoms with Crippen molar-refractivity contribution in [3.63, 3.8) is 0 Å². The molecule has 0 fully saturated rings. The number of hydrogen-bond acceptors (Lipinski definition) is 3. The third-order valence-corrected chi connectivity index (χ3v) is 2.68. The molecule has 1 heterocycles. The Morgan fingerprint density at radius 3 is 2.79 bits per heavy atom. The van der Waals surface area contributed by atoms with Gasteiger partial charge in [0.25, 0.3) is 11.5 Å². The van der Waals surface area contributed by atoms with Crippen LogP contribution in [0.3, 0.4) is 0 Å². The molecular weight excluding hydrogens is 273 g/mol. The van der Waals surface area contributed by atoms with Gasteiger partial charge in [-0.2, -0.15) is 5.10 Å². The lowest BCUT2D eigenvalue weighted by molar-refractivity contribution is 0.0993. The molecule has 0 spiro atoms. The van der Waals surface area contributed by atoms with Crippen molar-refractivity contribution < 1.29 is 9.18 Å². The second kappa shape index (κ2) is 5.19. The summed E-state index contributed by atoms with van der Waals surface area (Å²) in [6.45, 7) is -0.133. The third kappa shape index (κ3) is 2.97. The van der Waals surface area contributed by atoms with Crippen molar-refractivity contribution in [2.24, 2.45) is 5.73 Å². The van der Waals surface area contributed by atoms with Crippen molar-refractivity contribution in [2.75, 3.05) is 0 Å². The minimum atomic E-state index is -0.764. The lowest BCUT2D eigenvalue weighted by Crippen LogP contribution is -2.27. The van der Waals surface area contributed by atoms with Crippen molar-refractivity contribution in [3.8, 4) is 0 Å². The Bertz CT molecular complexity index is 700. The number of benzene rings is 1. The summed E-state index contributed by atoms with van der Waals surface area (Å²) in [4.78, 5) is 22.6. The van der Waals surface area contributed by atoms with Gasteiger partial charge in [-0.1, -0.05) is 11.6 Å². The van der Waals surface area contributed by atoms with Gasteiger partial charge in [-0.15, -0.1) is 0 Å². The standard InChI is InChI=1S/C12H9ClFN3O2/c13-8-1-2-9(14)7(5-8)6-17-11(18)4-3-10(16-17)12(15)19/h1-5H,6H2,(H2,15,19). The van der Waals surface area contributed by atoms with Gasteiger partial charge in [-0.3, -0.25) is 9.59 Å². The fourth-order valence-corrected chi connectivity index (χ4v) is 1.71. The van der Waals surface area contributed by atoms with Crippen molar-refractivity contribution in [1.29, 1.82) is 0 Å². The van der Waals surface area contributed by atoms with Crippen LogP contribution in [-0.4, -0.2) is 15.7 Å². The first-order valence-electron chi connectivity index (χ1n) is 5.29. The largest absolute Gasteiger partial charge is 0.364 e. The third-order valence-electron chi connectivity index (χ3n) is 2.45. The van der Waals surface area contributed by atoms with Crippen LogP contribution >= 0.6 is 11.6 Å². The highest BCUT2D eigenvalue weighted by Gasteiger charge is 2.09. The number of hydrogen-bond donors (Lipinski definition) is 1. The minimum absolute atomic E-state index is 0.0676. The zero-order valence-electron chi connectivity index (χ0n) is 9.64. The monoisotopic (exact) mass is 281 g/mol. The molecule has 5 nitrogen and oxygen atoms in total. The Morgan fingerprint density at radius 1 is 1.37 bits per heavy atom. The van der Waals surface area contributed by atoms with E-state index in [2.05, 4.69) is 5.10 Å². The van der Waals surface area contributed by atoms with Gasteiger partial charge >= 0.3 is 0 Å². The second-order valence-electron chi connectivity index (χ2n) is 3.81. The average molecular weight is 282 g/mol. The van der Waals surface area contributed by atoms with Crippen LogP contribution in [0.5, 0.6) is 0 Å². The van der Waals surface area contributed by atoms with Crippen LogP contribution < -0.4 is 11.3 Å². The van der Waals surface area contributed by atoms with Gasteiger partial charge < -0.3 is 5.73 Å². The van der Waals surface area contributed by atoms with Crippen LogP contribution in [0.4, 0.5) is 4.39 Å². The fraction of sp³-hybridized carbons (Fsp3) is 0.0833. The van der Waals surface area contributed by atoms with E-state index in [-0.39, 0.29) is 17.8 Å². The van der Waals surface area contributed by atoms with Gasteiger partial charge in [0.05, 0.1) is 6.54 Å². The molecule has 0 radical (unpaired) electrons. The van der Waals surface area contributed by atoms with Crippen LogP contribution in [0.25, 0.3) is 0 Å². The Balaban J connectivity index is 2.43. The highest BCUT2D eigenvalue weighted by molar-refractivity contribution is 6.30. The first-order valence-corrected chi connectivity index (χ1v) is 5.67. The number of aromatic nitrogens is 2. The predicted molar refractivity (Wildman–Crippen MR) is 67.5 cm³/mol. The molecule has 0 aliphatic heterocycles. The van der Waals surface area contributed by atoms with Crippen molar-refractivity contribution in [3.05, 3.63) is 62.8 Å². The number of halogens is 2. The normalized spacial score (nSPS) is 10.4. The number of rotatable bonds is 3. The summed E-state index contributed by atoms with van der Waals surface area (Å²) in [6.07, 6.45) is 0. The van der Waals surface area contributed by atoms with Gasteiger partial charge in [-0.25, -0.2) is 9.07 Å². The van der Waals surface area contributed by atoms with Crippen molar-refractivity contribution in [2.45, 2.75) is 6.54 Å². The number of amides is 1. The van der Waals surface area contributed by atoms with E-state index in [1.165, 1.54) is 24.3 Å². The molecular formula is C12H9ClFN3O2. The van der Waals surface area contributed by atoms with Gasteiger partial charge in [-0.05, 0) is 24.3 Å². The summed E-state index contributed by atoms with van der Waals surface area (Å²) in [5, 5.41) is 4.10. The molecule has 0 bridgehead atoms. The first kappa shape index (κ1) is 13.2. The second-order valence-corrected chi connectivity index (χ2v) is 4.25. The molecule has 0 saturated heterocycles. The van der Waals surface area contributed by atoms with Crippen LogP contribution in [0.2, 0.25) is 5.02 Å². The van der Waals surface area contributed by atoms with E-state index in [0.29, 0.717) is 5.02 Å². The topological polar surface area (TPSA) is 78.0 Å². The van der Waals surface area contributed by atoms with E-state index in [9.17, 15) is 14.0 Å². The van der Waals surface area contributed by atoms with E-state index < -0.39 is 17.3 Å². The maximum atomic E-state index is 13.6. The first-order chi connectivity index (χ1) is 8.97. The molecule has 2 aromatic rings. The number of carbonyl (C=O) groups is 1. The van der Waals surface area contributed by atoms with E-state index in [1.54, 1.807) is 0 Å². The van der Waals surface area contributed by atoms with Crippen molar-refractivity contribution >= 4 is 17.5 Å². The van der Waals surface area contributed by atoms with Gasteiger partial charge in [0.15, 0.2) is 0 Å².